The van der Waals surface area contributed by atoms with Crippen LogP contribution in [0.1, 0.15) is 32.1 Å². The van der Waals surface area contributed by atoms with Gasteiger partial charge in [-0.2, -0.15) is 15.3 Å². The summed E-state index contributed by atoms with van der Waals surface area (Å²) in [6.07, 6.45) is 4.57. The normalized spacial score (nSPS) is 16.4. The number of fused-ring (bicyclic) bond motifs is 1. The number of rotatable bonds is 8. The van der Waals surface area contributed by atoms with Crippen molar-refractivity contribution in [3.63, 3.8) is 0 Å². The molecule has 17 heteroatoms. The van der Waals surface area contributed by atoms with E-state index >= 15 is 0 Å². The number of anilines is 4. The molecule has 0 saturated carbocycles. The van der Waals surface area contributed by atoms with Crippen LogP contribution in [0.2, 0.25) is 0 Å². The van der Waals surface area contributed by atoms with Gasteiger partial charge < -0.3 is 39.1 Å². The van der Waals surface area contributed by atoms with E-state index in [4.69, 9.17) is 5.26 Å². The van der Waals surface area contributed by atoms with Crippen LogP contribution in [-0.4, -0.2) is 57.1 Å². The SMILES string of the molecule is N#CCC1CCN(c2nc(Nc3ccc(N4CCC(O)CC4)cc3)c3c(=O)n(COP(=O)([O-])[O-])ncc3n2)CC1.[Na+].[Na+]. The minimum atomic E-state index is -5.33. The minimum absolute atomic E-state index is 0. The van der Waals surface area contributed by atoms with Gasteiger partial charge in [0.15, 0.2) is 0 Å². The molecule has 0 atom stereocenters. The zero-order valence-corrected chi connectivity index (χ0v) is 28.6. The minimum Gasteiger partial charge on any atom is -0.790 e. The Balaban J connectivity index is 0.00000242. The van der Waals surface area contributed by atoms with Crippen LogP contribution in [0.3, 0.4) is 0 Å². The molecule has 42 heavy (non-hydrogen) atoms. The first-order valence-corrected chi connectivity index (χ1v) is 14.5. The van der Waals surface area contributed by atoms with Crippen molar-refractivity contribution in [3.05, 3.63) is 40.8 Å². The fourth-order valence-corrected chi connectivity index (χ4v) is 5.26. The van der Waals surface area contributed by atoms with E-state index in [0.717, 1.165) is 36.3 Å². The van der Waals surface area contributed by atoms with Crippen LogP contribution in [0.15, 0.2) is 35.3 Å². The van der Waals surface area contributed by atoms with Gasteiger partial charge in [-0.3, -0.25) is 4.79 Å². The molecule has 2 N–H and O–H groups in total. The van der Waals surface area contributed by atoms with Crippen LogP contribution < -0.4 is 89.6 Å². The van der Waals surface area contributed by atoms with Crippen LogP contribution in [0, 0.1) is 17.2 Å². The van der Waals surface area contributed by atoms with Crippen LogP contribution in [0.5, 0.6) is 0 Å². The largest absolute Gasteiger partial charge is 1.00 e. The molecule has 4 heterocycles. The number of aromatic nitrogens is 4. The Morgan fingerprint density at radius 1 is 1.05 bits per heavy atom. The maximum Gasteiger partial charge on any atom is 1.00 e. The Morgan fingerprint density at radius 3 is 2.31 bits per heavy atom. The molecule has 0 bridgehead atoms. The molecule has 0 aliphatic carbocycles. The summed E-state index contributed by atoms with van der Waals surface area (Å²) in [5.74, 6) is 0.905. The summed E-state index contributed by atoms with van der Waals surface area (Å²) in [5, 5.41) is 26.0. The van der Waals surface area contributed by atoms with Gasteiger partial charge in [0.05, 0.1) is 26.2 Å². The van der Waals surface area contributed by atoms with Gasteiger partial charge in [-0.15, -0.1) is 0 Å². The maximum atomic E-state index is 13.3. The van der Waals surface area contributed by atoms with Gasteiger partial charge in [0, 0.05) is 44.0 Å². The molecule has 5 rings (SSSR count). The molecule has 2 saturated heterocycles. The number of hydrogen-bond acceptors (Lipinski definition) is 13. The van der Waals surface area contributed by atoms with E-state index in [1.807, 2.05) is 29.2 Å². The average molecular weight is 615 g/mol. The average Bonchev–Trinajstić information content (AvgIpc) is 2.93. The third kappa shape index (κ3) is 8.74. The summed E-state index contributed by atoms with van der Waals surface area (Å²) in [5.41, 5.74) is 1.18. The number of aliphatic hydroxyl groups is 1. The molecule has 0 unspecified atom stereocenters. The molecule has 212 valence electrons. The monoisotopic (exact) mass is 614 g/mol. The maximum absolute atomic E-state index is 13.3. The van der Waals surface area contributed by atoms with Crippen molar-refractivity contribution in [2.24, 2.45) is 5.92 Å². The first-order chi connectivity index (χ1) is 19.2. The number of nitrogens with one attached hydrogen (secondary N) is 1. The van der Waals surface area contributed by atoms with Crippen molar-refractivity contribution in [3.8, 4) is 6.07 Å². The molecular formula is C25H29N8Na2O6P. The fraction of sp³-hybridized carbons (Fsp3) is 0.480. The molecule has 14 nitrogen and oxygen atoms in total. The molecule has 1 aromatic carbocycles. The van der Waals surface area contributed by atoms with Crippen molar-refractivity contribution in [2.45, 2.75) is 44.9 Å². The molecule has 0 spiro atoms. The standard InChI is InChI=1S/C25H31N8O6P.2Na/c26-10-5-17-6-11-32(12-7-17)25-29-21-15-27-33(16-39-40(36,37)38)24(35)22(21)23(30-25)28-18-1-3-19(4-2-18)31-13-8-20(34)9-14-31;;/h1-4,15,17,20,34H,5-9,11-14,16H2,(H,28,29,30)(H2,36,37,38);;/q;2*+1/p-2. The molecule has 2 aromatic heterocycles. The van der Waals surface area contributed by atoms with E-state index in [2.05, 4.69) is 35.9 Å². The van der Waals surface area contributed by atoms with Crippen LogP contribution in [0.25, 0.3) is 10.9 Å². The van der Waals surface area contributed by atoms with E-state index < -0.39 is 20.1 Å². The zero-order chi connectivity index (χ0) is 28.3. The van der Waals surface area contributed by atoms with Gasteiger partial charge in [0.2, 0.25) is 5.95 Å². The van der Waals surface area contributed by atoms with Gasteiger partial charge in [-0.25, -0.2) is 9.67 Å². The zero-order valence-electron chi connectivity index (χ0n) is 23.7. The number of phosphoric acid groups is 1. The Labute approximate surface area is 286 Å². The number of piperidine rings is 2. The number of benzene rings is 1. The summed E-state index contributed by atoms with van der Waals surface area (Å²) >= 11 is 0. The molecule has 2 fully saturated rings. The molecule has 2 aliphatic heterocycles. The Hall–Kier alpha value is -1.60. The van der Waals surface area contributed by atoms with E-state index in [1.165, 1.54) is 6.20 Å². The quantitative estimate of drug-likeness (QED) is 0.181. The van der Waals surface area contributed by atoms with E-state index in [9.17, 15) is 24.3 Å². The summed E-state index contributed by atoms with van der Waals surface area (Å²) < 4.78 is 15.9. The molecular weight excluding hydrogens is 585 g/mol. The first kappa shape index (κ1) is 34.9. The summed E-state index contributed by atoms with van der Waals surface area (Å²) in [7, 11) is -5.33. The predicted octanol–water partition coefficient (Wildman–Crippen LogP) is -5.17. The molecule has 3 aromatic rings. The number of aliphatic hydroxyl groups excluding tert-OH is 1. The summed E-state index contributed by atoms with van der Waals surface area (Å²) in [6, 6.07) is 9.82. The Morgan fingerprint density at radius 2 is 1.69 bits per heavy atom. The summed E-state index contributed by atoms with van der Waals surface area (Å²) in [4.78, 5) is 48.6. The number of hydrogen-bond donors (Lipinski definition) is 2. The number of phosphoric ester groups is 1. The van der Waals surface area contributed by atoms with E-state index in [0.29, 0.717) is 49.9 Å². The van der Waals surface area contributed by atoms with Crippen molar-refractivity contribution in [2.75, 3.05) is 41.3 Å². The third-order valence-corrected chi connectivity index (χ3v) is 7.70. The number of nitriles is 1. The van der Waals surface area contributed by atoms with Crippen molar-refractivity contribution >= 4 is 41.9 Å². The molecule has 0 amide bonds. The van der Waals surface area contributed by atoms with Gasteiger partial charge in [0.25, 0.3) is 5.56 Å². The van der Waals surface area contributed by atoms with Crippen molar-refractivity contribution < 1.29 is 83.1 Å². The second-order valence-electron chi connectivity index (χ2n) is 9.97. The van der Waals surface area contributed by atoms with Crippen LogP contribution in [-0.2, 0) is 15.8 Å². The molecule has 2 aliphatic rings. The van der Waals surface area contributed by atoms with Gasteiger partial charge >= 0.3 is 59.1 Å². The number of nitrogens with zero attached hydrogens (tertiary/aromatic N) is 7. The Kier molecular flexibility index (Phi) is 12.8. The topological polar surface area (TPSA) is 196 Å². The third-order valence-electron chi connectivity index (χ3n) is 7.27. The van der Waals surface area contributed by atoms with Gasteiger partial charge in [-0.05, 0) is 55.9 Å². The second kappa shape index (κ2) is 15.4. The fourth-order valence-electron chi connectivity index (χ4n) is 5.01. The van der Waals surface area contributed by atoms with E-state index in [1.54, 1.807) is 0 Å². The predicted molar refractivity (Wildman–Crippen MR) is 143 cm³/mol. The first-order valence-electron chi connectivity index (χ1n) is 13.1. The van der Waals surface area contributed by atoms with Crippen molar-refractivity contribution in [1.29, 1.82) is 5.26 Å². The van der Waals surface area contributed by atoms with Gasteiger partial charge in [0.1, 0.15) is 23.5 Å². The smallest absolute Gasteiger partial charge is 0.790 e. The van der Waals surface area contributed by atoms with Crippen LogP contribution >= 0.6 is 7.82 Å². The van der Waals surface area contributed by atoms with Crippen LogP contribution in [0.4, 0.5) is 23.1 Å². The summed E-state index contributed by atoms with van der Waals surface area (Å²) in [6.45, 7) is 1.94. The Bertz CT molecular complexity index is 1500. The van der Waals surface area contributed by atoms with Gasteiger partial charge in [-0.1, -0.05) is 0 Å². The van der Waals surface area contributed by atoms with Crippen molar-refractivity contribution in [1.82, 2.24) is 19.7 Å². The van der Waals surface area contributed by atoms with E-state index in [-0.39, 0.29) is 81.9 Å². The molecule has 0 radical (unpaired) electrons. The second-order valence-corrected chi connectivity index (χ2v) is 11.1.